The zero-order valence-corrected chi connectivity index (χ0v) is 16.0. The Morgan fingerprint density at radius 3 is 2.79 bits per heavy atom. The lowest BCUT2D eigenvalue weighted by Crippen LogP contribution is -2.46. The lowest BCUT2D eigenvalue weighted by molar-refractivity contribution is -0.221. The number of ether oxygens (including phenoxy) is 5. The van der Waals surface area contributed by atoms with Gasteiger partial charge in [0.15, 0.2) is 12.1 Å². The van der Waals surface area contributed by atoms with E-state index in [9.17, 15) is 4.79 Å². The molecule has 0 saturated carbocycles. The lowest BCUT2D eigenvalue weighted by Gasteiger charge is -2.29. The number of fused-ring (bicyclic) bond motifs is 1. The summed E-state index contributed by atoms with van der Waals surface area (Å²) in [6, 6.07) is 8.93. The third-order valence-electron chi connectivity index (χ3n) is 4.53. The van der Waals surface area contributed by atoms with Gasteiger partial charge in [-0.3, -0.25) is 0 Å². The van der Waals surface area contributed by atoms with Gasteiger partial charge < -0.3 is 29.0 Å². The Morgan fingerprint density at radius 2 is 2.11 bits per heavy atom. The normalized spacial score (nSPS) is 28.8. The zero-order chi connectivity index (χ0) is 20.1. The van der Waals surface area contributed by atoms with Crippen molar-refractivity contribution in [2.45, 2.75) is 56.9 Å². The summed E-state index contributed by atoms with van der Waals surface area (Å²) < 4.78 is 28.4. The number of rotatable bonds is 7. The third kappa shape index (κ3) is 4.73. The Bertz CT molecular complexity index is 724. The van der Waals surface area contributed by atoms with E-state index in [4.69, 9.17) is 24.5 Å². The maximum atomic E-state index is 11.4. The molecule has 0 bridgehead atoms. The Kier molecular flexibility index (Phi) is 6.38. The van der Waals surface area contributed by atoms with Crippen LogP contribution in [0, 0.1) is 0 Å². The number of hydrogen-bond donors (Lipinski definition) is 1. The maximum absolute atomic E-state index is 11.4. The van der Waals surface area contributed by atoms with Crippen molar-refractivity contribution in [3.63, 3.8) is 0 Å². The monoisotopic (exact) mass is 392 g/mol. The molecule has 0 radical (unpaired) electrons. The predicted octanol–water partition coefficient (Wildman–Crippen LogP) is 2.48. The fourth-order valence-corrected chi connectivity index (χ4v) is 3.32. The van der Waals surface area contributed by atoms with Crippen molar-refractivity contribution in [3.8, 4) is 0 Å². The van der Waals surface area contributed by atoms with Crippen molar-refractivity contribution in [2.24, 2.45) is 5.11 Å². The fourth-order valence-electron chi connectivity index (χ4n) is 3.32. The van der Waals surface area contributed by atoms with Crippen LogP contribution in [0.1, 0.15) is 19.4 Å². The van der Waals surface area contributed by atoms with Gasteiger partial charge in [0, 0.05) is 11.5 Å². The van der Waals surface area contributed by atoms with Crippen LogP contribution < -0.4 is 5.32 Å². The van der Waals surface area contributed by atoms with Crippen LogP contribution in [0.2, 0.25) is 0 Å². The van der Waals surface area contributed by atoms with Gasteiger partial charge in [-0.1, -0.05) is 35.4 Å². The molecule has 28 heavy (non-hydrogen) atoms. The van der Waals surface area contributed by atoms with E-state index < -0.39 is 42.5 Å². The summed E-state index contributed by atoms with van der Waals surface area (Å²) in [6.07, 6.45) is -3.00. The van der Waals surface area contributed by atoms with Crippen molar-refractivity contribution in [3.05, 3.63) is 46.3 Å². The van der Waals surface area contributed by atoms with Crippen LogP contribution in [0.4, 0.5) is 4.79 Å². The highest BCUT2D eigenvalue weighted by atomic mass is 16.8. The second kappa shape index (κ2) is 8.76. The Labute approximate surface area is 162 Å². The first kappa shape index (κ1) is 20.4. The molecule has 5 atom stereocenters. The lowest BCUT2D eigenvalue weighted by atomic mass is 10.0. The molecular weight excluding hydrogens is 368 g/mol. The average Bonchev–Trinajstić information content (AvgIpc) is 3.15. The van der Waals surface area contributed by atoms with Gasteiger partial charge in [0.1, 0.15) is 12.2 Å². The number of nitrogens with zero attached hydrogens (tertiary/aromatic N) is 3. The van der Waals surface area contributed by atoms with E-state index in [1.54, 1.807) is 13.8 Å². The maximum Gasteiger partial charge on any atom is 0.406 e. The van der Waals surface area contributed by atoms with Crippen LogP contribution in [0.15, 0.2) is 35.4 Å². The quantitative estimate of drug-likeness (QED) is 0.432. The molecule has 0 spiro atoms. The van der Waals surface area contributed by atoms with E-state index in [1.165, 1.54) is 7.11 Å². The summed E-state index contributed by atoms with van der Waals surface area (Å²) in [5.74, 6) is -0.813. The molecule has 2 aliphatic heterocycles. The number of benzene rings is 1. The van der Waals surface area contributed by atoms with Crippen molar-refractivity contribution in [1.82, 2.24) is 5.32 Å². The van der Waals surface area contributed by atoms with E-state index in [1.807, 2.05) is 30.3 Å². The topological polar surface area (TPSA) is 124 Å². The fraction of sp³-hybridized carbons (Fsp3) is 0.611. The first-order valence-corrected chi connectivity index (χ1v) is 8.96. The molecule has 1 N–H and O–H groups in total. The molecule has 2 heterocycles. The first-order valence-electron chi connectivity index (χ1n) is 8.96. The summed E-state index contributed by atoms with van der Waals surface area (Å²) in [7, 11) is 1.25. The van der Waals surface area contributed by atoms with Gasteiger partial charge in [0.05, 0.1) is 25.9 Å². The molecular formula is C18H24N4O6. The molecule has 1 aromatic carbocycles. The zero-order valence-electron chi connectivity index (χ0n) is 16.0. The highest BCUT2D eigenvalue weighted by molar-refractivity contribution is 5.66. The van der Waals surface area contributed by atoms with E-state index >= 15 is 0 Å². The van der Waals surface area contributed by atoms with E-state index in [0.717, 1.165) is 5.56 Å². The second-order valence-electron chi connectivity index (χ2n) is 6.98. The number of methoxy groups -OCH3 is 1. The second-order valence-corrected chi connectivity index (χ2v) is 6.98. The minimum atomic E-state index is -0.813. The van der Waals surface area contributed by atoms with Gasteiger partial charge in [-0.05, 0) is 24.9 Å². The van der Waals surface area contributed by atoms with Gasteiger partial charge in [-0.15, -0.1) is 0 Å². The smallest absolute Gasteiger partial charge is 0.406 e. The highest BCUT2D eigenvalue weighted by Gasteiger charge is 2.57. The van der Waals surface area contributed by atoms with Crippen LogP contribution in [-0.2, 0) is 30.3 Å². The van der Waals surface area contributed by atoms with Crippen LogP contribution in [-0.4, -0.2) is 56.2 Å². The molecule has 152 valence electrons. The van der Waals surface area contributed by atoms with Gasteiger partial charge in [0.25, 0.3) is 0 Å². The average molecular weight is 392 g/mol. The van der Waals surface area contributed by atoms with Crippen LogP contribution in [0.5, 0.6) is 0 Å². The first-order chi connectivity index (χ1) is 13.4. The van der Waals surface area contributed by atoms with E-state index in [0.29, 0.717) is 6.61 Å². The molecule has 1 aromatic rings. The highest BCUT2D eigenvalue weighted by Crippen LogP contribution is 2.40. The molecule has 2 saturated heterocycles. The predicted molar refractivity (Wildman–Crippen MR) is 97.1 cm³/mol. The van der Waals surface area contributed by atoms with Crippen LogP contribution in [0.25, 0.3) is 10.4 Å². The number of hydrogen-bond acceptors (Lipinski definition) is 7. The van der Waals surface area contributed by atoms with Gasteiger partial charge in [-0.25, -0.2) is 4.79 Å². The van der Waals surface area contributed by atoms with E-state index in [-0.39, 0.29) is 6.54 Å². The SMILES string of the molecule is COC(=O)NC[C@@H](N=[N+]=[N-])C1O[C@@H]2OC(C)(C)O[C@@H]2[C@H]1OCc1ccccc1. The molecule has 10 nitrogen and oxygen atoms in total. The molecule has 1 amide bonds. The molecule has 3 rings (SSSR count). The molecule has 2 aliphatic rings. The molecule has 0 aliphatic carbocycles. The molecule has 1 unspecified atom stereocenters. The third-order valence-corrected chi connectivity index (χ3v) is 4.53. The summed E-state index contributed by atoms with van der Waals surface area (Å²) in [4.78, 5) is 14.3. The Hall–Kier alpha value is -2.36. The molecule has 2 fully saturated rings. The summed E-state index contributed by atoms with van der Waals surface area (Å²) >= 11 is 0. The summed E-state index contributed by atoms with van der Waals surface area (Å²) in [5.41, 5.74) is 9.94. The molecule has 0 aromatic heterocycles. The van der Waals surface area contributed by atoms with Gasteiger partial charge >= 0.3 is 6.09 Å². The van der Waals surface area contributed by atoms with Crippen molar-refractivity contribution < 1.29 is 28.5 Å². The molecule has 10 heteroatoms. The number of amides is 1. The van der Waals surface area contributed by atoms with E-state index in [2.05, 4.69) is 20.1 Å². The van der Waals surface area contributed by atoms with Crippen LogP contribution in [0.3, 0.4) is 0 Å². The van der Waals surface area contributed by atoms with Crippen molar-refractivity contribution >= 4 is 6.09 Å². The number of azide groups is 1. The van der Waals surface area contributed by atoms with Gasteiger partial charge in [-0.2, -0.15) is 0 Å². The van der Waals surface area contributed by atoms with Crippen molar-refractivity contribution in [1.29, 1.82) is 0 Å². The summed E-state index contributed by atoms with van der Waals surface area (Å²) in [6.45, 7) is 3.94. The van der Waals surface area contributed by atoms with Gasteiger partial charge in [0.2, 0.25) is 0 Å². The standard InChI is InChI=1S/C18H24N4O6/c1-18(2)27-15-14(25-10-11-7-5-4-6-8-11)13(26-16(15)28-18)12(21-22-19)9-20-17(23)24-3/h4-8,12-16H,9-10H2,1-3H3,(H,20,23)/t12-,13?,14+,15-,16-/m1/s1. The number of carbonyl (C=O) groups excluding carboxylic acids is 1. The Morgan fingerprint density at radius 1 is 1.36 bits per heavy atom. The van der Waals surface area contributed by atoms with Crippen molar-refractivity contribution in [2.75, 3.05) is 13.7 Å². The van der Waals surface area contributed by atoms with Crippen LogP contribution >= 0.6 is 0 Å². The largest absolute Gasteiger partial charge is 0.453 e. The number of nitrogens with one attached hydrogen (secondary N) is 1. The number of alkyl carbamates (subject to hydrolysis) is 1. The minimum absolute atomic E-state index is 0.0232. The Balaban J connectivity index is 1.76. The minimum Gasteiger partial charge on any atom is -0.453 e. The summed E-state index contributed by atoms with van der Waals surface area (Å²) in [5, 5.41) is 6.30. The number of carbonyl (C=O) groups is 1.